The number of hydrogen-bond donors (Lipinski definition) is 2. The molecule has 2 heterocycles. The van der Waals surface area contributed by atoms with Gasteiger partial charge in [0.05, 0.1) is 5.56 Å². The van der Waals surface area contributed by atoms with Gasteiger partial charge in [0, 0.05) is 12.0 Å². The van der Waals surface area contributed by atoms with Gasteiger partial charge in [0.2, 0.25) is 11.8 Å². The fourth-order valence-corrected chi connectivity index (χ4v) is 3.50. The van der Waals surface area contributed by atoms with Crippen LogP contribution in [0.15, 0.2) is 48.5 Å². The standard InChI is InChI=1S/C20H18N2O5/c23-16-10-9-14(18(24)21-16)22-19(25)13-7-4-8-15(17(13)20(22)26)27-11-12-5-2-1-3-6-12/h1-8,14,19,25H,9-11H2,(H,21,23,24). The molecule has 27 heavy (non-hydrogen) atoms. The summed E-state index contributed by atoms with van der Waals surface area (Å²) in [5, 5.41) is 12.9. The number of nitrogens with one attached hydrogen (secondary N) is 1. The first-order valence-electron chi connectivity index (χ1n) is 8.70. The first kappa shape index (κ1) is 17.2. The van der Waals surface area contributed by atoms with Gasteiger partial charge in [-0.05, 0) is 18.1 Å². The maximum atomic E-state index is 13.0. The average Bonchev–Trinajstić information content (AvgIpc) is 2.93. The van der Waals surface area contributed by atoms with Gasteiger partial charge in [-0.15, -0.1) is 0 Å². The summed E-state index contributed by atoms with van der Waals surface area (Å²) in [5.41, 5.74) is 1.60. The zero-order chi connectivity index (χ0) is 19.0. The number of aliphatic hydroxyl groups excluding tert-OH is 1. The Morgan fingerprint density at radius 2 is 1.85 bits per heavy atom. The lowest BCUT2D eigenvalue weighted by atomic mass is 10.0. The maximum absolute atomic E-state index is 13.0. The Kier molecular flexibility index (Phi) is 4.37. The van der Waals surface area contributed by atoms with E-state index in [9.17, 15) is 19.5 Å². The van der Waals surface area contributed by atoms with E-state index in [0.29, 0.717) is 11.3 Å². The third-order valence-corrected chi connectivity index (χ3v) is 4.83. The molecule has 7 nitrogen and oxygen atoms in total. The van der Waals surface area contributed by atoms with Crippen molar-refractivity contribution in [2.24, 2.45) is 0 Å². The second kappa shape index (κ2) is 6.85. The number of carbonyl (C=O) groups excluding carboxylic acids is 3. The van der Waals surface area contributed by atoms with Crippen LogP contribution in [0.3, 0.4) is 0 Å². The zero-order valence-electron chi connectivity index (χ0n) is 14.4. The summed E-state index contributed by atoms with van der Waals surface area (Å²) in [6.07, 6.45) is -0.945. The van der Waals surface area contributed by atoms with Crippen LogP contribution in [0, 0.1) is 0 Å². The van der Waals surface area contributed by atoms with Gasteiger partial charge < -0.3 is 9.84 Å². The predicted octanol–water partition coefficient (Wildman–Crippen LogP) is 1.52. The van der Waals surface area contributed by atoms with Crippen LogP contribution >= 0.6 is 0 Å². The third kappa shape index (κ3) is 3.06. The monoisotopic (exact) mass is 366 g/mol. The SMILES string of the molecule is O=C1CCC(N2C(=O)c3c(OCc4ccccc4)cccc3C2O)C(=O)N1. The van der Waals surface area contributed by atoms with Gasteiger partial charge in [0.25, 0.3) is 5.91 Å². The van der Waals surface area contributed by atoms with E-state index in [1.165, 1.54) is 0 Å². The summed E-state index contributed by atoms with van der Waals surface area (Å²) in [7, 11) is 0. The number of piperidine rings is 1. The lowest BCUT2D eigenvalue weighted by Gasteiger charge is -2.31. The molecule has 0 aromatic heterocycles. The van der Waals surface area contributed by atoms with E-state index in [1.54, 1.807) is 18.2 Å². The van der Waals surface area contributed by atoms with Gasteiger partial charge in [-0.3, -0.25) is 24.6 Å². The fourth-order valence-electron chi connectivity index (χ4n) is 3.50. The van der Waals surface area contributed by atoms with Gasteiger partial charge in [-0.1, -0.05) is 42.5 Å². The molecule has 2 aromatic rings. The molecular weight excluding hydrogens is 348 g/mol. The van der Waals surface area contributed by atoms with E-state index in [0.717, 1.165) is 10.5 Å². The van der Waals surface area contributed by atoms with Crippen molar-refractivity contribution in [3.8, 4) is 5.75 Å². The second-order valence-corrected chi connectivity index (χ2v) is 6.55. The highest BCUT2D eigenvalue weighted by atomic mass is 16.5. The van der Waals surface area contributed by atoms with E-state index in [-0.39, 0.29) is 30.9 Å². The molecule has 0 radical (unpaired) electrons. The summed E-state index contributed by atoms with van der Waals surface area (Å²) in [6.45, 7) is 0.277. The van der Waals surface area contributed by atoms with Crippen LogP contribution in [0.4, 0.5) is 0 Å². The predicted molar refractivity (Wildman–Crippen MR) is 94.5 cm³/mol. The van der Waals surface area contributed by atoms with Crippen LogP contribution in [0.25, 0.3) is 0 Å². The molecule has 0 spiro atoms. The van der Waals surface area contributed by atoms with Gasteiger partial charge in [-0.2, -0.15) is 0 Å². The molecule has 7 heteroatoms. The highest BCUT2D eigenvalue weighted by Gasteiger charge is 2.45. The number of carbonyl (C=O) groups is 3. The summed E-state index contributed by atoms with van der Waals surface area (Å²) < 4.78 is 5.82. The molecule has 2 aliphatic heterocycles. The van der Waals surface area contributed by atoms with Crippen LogP contribution in [-0.2, 0) is 16.2 Å². The lowest BCUT2D eigenvalue weighted by Crippen LogP contribution is -2.53. The number of amides is 3. The van der Waals surface area contributed by atoms with E-state index in [1.807, 2.05) is 30.3 Å². The highest BCUT2D eigenvalue weighted by molar-refractivity contribution is 6.06. The molecule has 1 fully saturated rings. The Labute approximate surface area is 155 Å². The molecule has 138 valence electrons. The molecule has 4 rings (SSSR count). The number of benzene rings is 2. The van der Waals surface area contributed by atoms with E-state index in [4.69, 9.17) is 4.74 Å². The van der Waals surface area contributed by atoms with Crippen molar-refractivity contribution in [3.63, 3.8) is 0 Å². The van der Waals surface area contributed by atoms with Crippen molar-refractivity contribution in [2.75, 3.05) is 0 Å². The number of imide groups is 1. The summed E-state index contributed by atoms with van der Waals surface area (Å²) >= 11 is 0. The smallest absolute Gasteiger partial charge is 0.261 e. The average molecular weight is 366 g/mol. The van der Waals surface area contributed by atoms with E-state index in [2.05, 4.69) is 5.32 Å². The molecule has 2 atom stereocenters. The number of ether oxygens (including phenoxy) is 1. The second-order valence-electron chi connectivity index (χ2n) is 6.55. The first-order chi connectivity index (χ1) is 13.1. The van der Waals surface area contributed by atoms with E-state index >= 15 is 0 Å². The maximum Gasteiger partial charge on any atom is 0.261 e. The van der Waals surface area contributed by atoms with Gasteiger partial charge in [-0.25, -0.2) is 0 Å². The van der Waals surface area contributed by atoms with Crippen LogP contribution in [-0.4, -0.2) is 33.8 Å². The largest absolute Gasteiger partial charge is 0.488 e. The molecule has 2 aromatic carbocycles. The van der Waals surface area contributed by atoms with Crippen LogP contribution in [0.5, 0.6) is 5.75 Å². The molecule has 2 N–H and O–H groups in total. The van der Waals surface area contributed by atoms with Gasteiger partial charge >= 0.3 is 0 Å². The third-order valence-electron chi connectivity index (χ3n) is 4.83. The van der Waals surface area contributed by atoms with Crippen LogP contribution in [0.1, 0.15) is 40.6 Å². The Bertz CT molecular complexity index is 912. The quantitative estimate of drug-likeness (QED) is 0.800. The Morgan fingerprint density at radius 1 is 1.07 bits per heavy atom. The summed E-state index contributed by atoms with van der Waals surface area (Å²) in [6, 6.07) is 13.6. The molecule has 1 saturated heterocycles. The first-order valence-corrected chi connectivity index (χ1v) is 8.70. The van der Waals surface area contributed by atoms with Crippen molar-refractivity contribution in [3.05, 3.63) is 65.2 Å². The molecule has 3 amide bonds. The topological polar surface area (TPSA) is 95.9 Å². The van der Waals surface area contributed by atoms with Gasteiger partial charge in [0.15, 0.2) is 6.23 Å². The number of aliphatic hydroxyl groups is 1. The van der Waals surface area contributed by atoms with Gasteiger partial charge in [0.1, 0.15) is 18.4 Å². The van der Waals surface area contributed by atoms with Crippen molar-refractivity contribution in [1.82, 2.24) is 10.2 Å². The molecule has 0 aliphatic carbocycles. The van der Waals surface area contributed by atoms with Crippen LogP contribution < -0.4 is 10.1 Å². The molecule has 0 saturated carbocycles. The zero-order valence-corrected chi connectivity index (χ0v) is 14.4. The minimum atomic E-state index is -1.25. The number of nitrogens with zero attached hydrogens (tertiary/aromatic N) is 1. The minimum Gasteiger partial charge on any atom is -0.488 e. The van der Waals surface area contributed by atoms with E-state index < -0.39 is 24.1 Å². The highest BCUT2D eigenvalue weighted by Crippen LogP contribution is 2.39. The number of rotatable bonds is 4. The van der Waals surface area contributed by atoms with Crippen molar-refractivity contribution < 1.29 is 24.2 Å². The minimum absolute atomic E-state index is 0.126. The summed E-state index contributed by atoms with van der Waals surface area (Å²) in [4.78, 5) is 37.6. The molecule has 0 bridgehead atoms. The Balaban J connectivity index is 1.60. The fraction of sp³-hybridized carbons (Fsp3) is 0.250. The van der Waals surface area contributed by atoms with Crippen molar-refractivity contribution in [1.29, 1.82) is 0 Å². The lowest BCUT2D eigenvalue weighted by molar-refractivity contribution is -0.139. The molecule has 2 unspecified atom stereocenters. The number of hydrogen-bond acceptors (Lipinski definition) is 5. The molecular formula is C20H18N2O5. The normalized spacial score (nSPS) is 21.8. The Morgan fingerprint density at radius 3 is 2.59 bits per heavy atom. The van der Waals surface area contributed by atoms with Crippen molar-refractivity contribution >= 4 is 17.7 Å². The number of fused-ring (bicyclic) bond motifs is 1. The summed E-state index contributed by atoms with van der Waals surface area (Å²) in [5.74, 6) is -1.06. The van der Waals surface area contributed by atoms with Crippen LogP contribution in [0.2, 0.25) is 0 Å². The molecule has 2 aliphatic rings. The Hall–Kier alpha value is -3.19. The van der Waals surface area contributed by atoms with Crippen molar-refractivity contribution in [2.45, 2.75) is 31.7 Å².